The maximum absolute atomic E-state index is 12.6. The summed E-state index contributed by atoms with van der Waals surface area (Å²) in [6.07, 6.45) is 0. The highest BCUT2D eigenvalue weighted by Gasteiger charge is 2.30. The number of aromatic nitrogens is 3. The van der Waals surface area contributed by atoms with Gasteiger partial charge in [0.1, 0.15) is 5.54 Å². The van der Waals surface area contributed by atoms with Crippen LogP contribution >= 0.6 is 23.4 Å². The lowest BCUT2D eigenvalue weighted by Crippen LogP contribution is -2.49. The molecule has 1 amide bonds. The van der Waals surface area contributed by atoms with Crippen LogP contribution in [0.15, 0.2) is 47.6 Å². The predicted octanol–water partition coefficient (Wildman–Crippen LogP) is 5.35. The van der Waals surface area contributed by atoms with Crippen LogP contribution in [-0.2, 0) is 4.79 Å². The van der Waals surface area contributed by atoms with Crippen molar-refractivity contribution < 1.29 is 4.79 Å². The van der Waals surface area contributed by atoms with Crippen molar-refractivity contribution in [1.29, 1.82) is 5.26 Å². The summed E-state index contributed by atoms with van der Waals surface area (Å²) >= 11 is 7.74. The fourth-order valence-corrected chi connectivity index (χ4v) is 4.08. The molecule has 1 N–H and O–H groups in total. The van der Waals surface area contributed by atoms with Gasteiger partial charge in [-0.15, -0.1) is 10.2 Å². The number of benzene rings is 2. The Morgan fingerprint density at radius 2 is 1.97 bits per heavy atom. The fourth-order valence-electron chi connectivity index (χ4n) is 3.12. The van der Waals surface area contributed by atoms with Crippen molar-refractivity contribution >= 4 is 29.3 Å². The molecule has 1 unspecified atom stereocenters. The summed E-state index contributed by atoms with van der Waals surface area (Å²) in [6, 6.07) is 15.8. The Morgan fingerprint density at radius 1 is 1.25 bits per heavy atom. The summed E-state index contributed by atoms with van der Waals surface area (Å²) in [5.74, 6) is 0.459. The minimum absolute atomic E-state index is 0.0214. The lowest BCUT2D eigenvalue weighted by molar-refractivity contribution is -0.120. The molecule has 0 aliphatic carbocycles. The summed E-state index contributed by atoms with van der Waals surface area (Å²) in [5.41, 5.74) is 2.90. The zero-order valence-corrected chi connectivity index (χ0v) is 20.4. The van der Waals surface area contributed by atoms with Crippen LogP contribution in [0.25, 0.3) is 17.1 Å². The van der Waals surface area contributed by atoms with E-state index in [0.29, 0.717) is 16.0 Å². The number of nitrogens with one attached hydrogen (secondary N) is 1. The van der Waals surface area contributed by atoms with Crippen LogP contribution < -0.4 is 5.32 Å². The molecular weight excluding hydrogens is 442 g/mol. The Balaban J connectivity index is 1.99. The topological polar surface area (TPSA) is 83.6 Å². The molecule has 1 atom stereocenters. The normalized spacial score (nSPS) is 12.9. The van der Waals surface area contributed by atoms with E-state index >= 15 is 0 Å². The molecule has 1 heterocycles. The monoisotopic (exact) mass is 467 g/mol. The van der Waals surface area contributed by atoms with Crippen LogP contribution in [0, 0.1) is 31.1 Å². The van der Waals surface area contributed by atoms with Gasteiger partial charge < -0.3 is 5.32 Å². The quantitative estimate of drug-likeness (QED) is 0.473. The fraction of sp³-hybridized carbons (Fsp3) is 0.333. The number of hydrogen-bond acceptors (Lipinski definition) is 5. The van der Waals surface area contributed by atoms with Crippen molar-refractivity contribution in [3.05, 3.63) is 58.6 Å². The van der Waals surface area contributed by atoms with Gasteiger partial charge in [0.25, 0.3) is 0 Å². The third-order valence-corrected chi connectivity index (χ3v) is 6.73. The number of halogens is 1. The number of nitrogens with zero attached hydrogens (tertiary/aromatic N) is 4. The first-order chi connectivity index (χ1) is 15.2. The second kappa shape index (κ2) is 9.76. The average molecular weight is 468 g/mol. The van der Waals surface area contributed by atoms with Crippen molar-refractivity contribution in [1.82, 2.24) is 20.1 Å². The highest BCUT2D eigenvalue weighted by atomic mass is 35.5. The number of nitriles is 1. The minimum Gasteiger partial charge on any atom is -0.337 e. The van der Waals surface area contributed by atoms with E-state index < -0.39 is 5.54 Å². The van der Waals surface area contributed by atoms with Crippen molar-refractivity contribution in [3.8, 4) is 23.1 Å². The van der Waals surface area contributed by atoms with E-state index in [1.54, 1.807) is 6.92 Å². The first-order valence-electron chi connectivity index (χ1n) is 10.3. The van der Waals surface area contributed by atoms with Gasteiger partial charge in [-0.1, -0.05) is 61.5 Å². The molecule has 0 aliphatic rings. The SMILES string of the molecule is Cc1ccc(C)c(-n2c(SCC(=O)NC(C)(C#N)C(C)C)nnc2-c2ccccc2Cl)c1. The largest absolute Gasteiger partial charge is 0.337 e. The Labute approximate surface area is 198 Å². The van der Waals surface area contributed by atoms with Gasteiger partial charge in [-0.05, 0) is 56.0 Å². The number of thioether (sulfide) groups is 1. The van der Waals surface area contributed by atoms with Gasteiger partial charge in [-0.25, -0.2) is 0 Å². The molecule has 0 spiro atoms. The van der Waals surface area contributed by atoms with E-state index in [-0.39, 0.29) is 17.6 Å². The van der Waals surface area contributed by atoms with Gasteiger partial charge in [0.05, 0.1) is 22.5 Å². The molecule has 6 nitrogen and oxygen atoms in total. The van der Waals surface area contributed by atoms with Gasteiger partial charge in [0.15, 0.2) is 11.0 Å². The number of carbonyl (C=O) groups is 1. The van der Waals surface area contributed by atoms with Gasteiger partial charge in [0.2, 0.25) is 5.91 Å². The van der Waals surface area contributed by atoms with Gasteiger partial charge >= 0.3 is 0 Å². The zero-order valence-electron chi connectivity index (χ0n) is 18.8. The molecule has 1 aromatic heterocycles. The highest BCUT2D eigenvalue weighted by molar-refractivity contribution is 7.99. The molecule has 0 saturated carbocycles. The van der Waals surface area contributed by atoms with E-state index in [1.165, 1.54) is 11.8 Å². The van der Waals surface area contributed by atoms with Gasteiger partial charge in [0, 0.05) is 5.56 Å². The molecule has 8 heteroatoms. The van der Waals surface area contributed by atoms with Crippen molar-refractivity contribution in [2.24, 2.45) is 5.92 Å². The van der Waals surface area contributed by atoms with Crippen molar-refractivity contribution in [2.75, 3.05) is 5.75 Å². The van der Waals surface area contributed by atoms with Crippen LogP contribution in [0.4, 0.5) is 0 Å². The molecule has 0 bridgehead atoms. The number of rotatable bonds is 7. The molecule has 32 heavy (non-hydrogen) atoms. The standard InChI is InChI=1S/C24H26ClN5OS/c1-15(2)24(5,14-26)27-21(31)13-32-23-29-28-22(18-8-6-7-9-19(18)25)30(23)20-12-16(3)10-11-17(20)4/h6-12,15H,13H2,1-5H3,(H,27,31). The Kier molecular flexibility index (Phi) is 7.27. The molecule has 0 aliphatic heterocycles. The van der Waals surface area contributed by atoms with Gasteiger partial charge in [-0.3, -0.25) is 9.36 Å². The predicted molar refractivity (Wildman–Crippen MR) is 129 cm³/mol. The number of aryl methyl sites for hydroxylation is 2. The zero-order chi connectivity index (χ0) is 23.5. The highest BCUT2D eigenvalue weighted by Crippen LogP contribution is 2.33. The van der Waals surface area contributed by atoms with Crippen LogP contribution in [0.5, 0.6) is 0 Å². The van der Waals surface area contributed by atoms with Gasteiger partial charge in [-0.2, -0.15) is 5.26 Å². The Hall–Kier alpha value is -2.82. The van der Waals surface area contributed by atoms with Crippen LogP contribution in [0.3, 0.4) is 0 Å². The molecule has 3 rings (SSSR count). The van der Waals surface area contributed by atoms with E-state index in [4.69, 9.17) is 11.6 Å². The molecular formula is C24H26ClN5OS. The van der Waals surface area contributed by atoms with Crippen molar-refractivity contribution in [2.45, 2.75) is 45.3 Å². The van der Waals surface area contributed by atoms with E-state index in [2.05, 4.69) is 27.6 Å². The Morgan fingerprint density at radius 3 is 2.62 bits per heavy atom. The lowest BCUT2D eigenvalue weighted by atomic mass is 9.90. The molecule has 2 aromatic carbocycles. The molecule has 0 saturated heterocycles. The third-order valence-electron chi connectivity index (χ3n) is 5.47. The number of hydrogen-bond donors (Lipinski definition) is 1. The van der Waals surface area contributed by atoms with E-state index in [9.17, 15) is 10.1 Å². The lowest BCUT2D eigenvalue weighted by Gasteiger charge is -2.27. The second-order valence-electron chi connectivity index (χ2n) is 8.22. The molecule has 0 fully saturated rings. The number of carbonyl (C=O) groups excluding carboxylic acids is 1. The van der Waals surface area contributed by atoms with E-state index in [0.717, 1.165) is 22.4 Å². The van der Waals surface area contributed by atoms with Crippen LogP contribution in [0.2, 0.25) is 5.02 Å². The molecule has 166 valence electrons. The summed E-state index contributed by atoms with van der Waals surface area (Å²) in [4.78, 5) is 12.6. The van der Waals surface area contributed by atoms with E-state index in [1.807, 2.05) is 68.7 Å². The first kappa shape index (κ1) is 23.8. The smallest absolute Gasteiger partial charge is 0.231 e. The summed E-state index contributed by atoms with van der Waals surface area (Å²) in [6.45, 7) is 9.59. The maximum Gasteiger partial charge on any atom is 0.231 e. The number of amides is 1. The third kappa shape index (κ3) is 4.98. The average Bonchev–Trinajstić information content (AvgIpc) is 3.17. The summed E-state index contributed by atoms with van der Waals surface area (Å²) in [5, 5.41) is 22.3. The van der Waals surface area contributed by atoms with Crippen LogP contribution in [0.1, 0.15) is 31.9 Å². The summed E-state index contributed by atoms with van der Waals surface area (Å²) < 4.78 is 1.94. The van der Waals surface area contributed by atoms with Crippen LogP contribution in [-0.4, -0.2) is 32.0 Å². The van der Waals surface area contributed by atoms with Crippen molar-refractivity contribution in [3.63, 3.8) is 0 Å². The molecule has 0 radical (unpaired) electrons. The Bertz CT molecular complexity index is 1180. The second-order valence-corrected chi connectivity index (χ2v) is 9.57. The maximum atomic E-state index is 12.6. The molecule has 3 aromatic rings. The summed E-state index contributed by atoms with van der Waals surface area (Å²) in [7, 11) is 0. The minimum atomic E-state index is -0.929. The first-order valence-corrected chi connectivity index (χ1v) is 11.7.